The van der Waals surface area contributed by atoms with E-state index >= 15 is 0 Å². The lowest BCUT2D eigenvalue weighted by Crippen LogP contribution is -2.41. The van der Waals surface area contributed by atoms with Crippen molar-refractivity contribution in [3.8, 4) is 11.5 Å². The van der Waals surface area contributed by atoms with Gasteiger partial charge in [0.2, 0.25) is 0 Å². The van der Waals surface area contributed by atoms with E-state index in [1.807, 2.05) is 44.1 Å². The van der Waals surface area contributed by atoms with Crippen molar-refractivity contribution in [3.63, 3.8) is 0 Å². The molecule has 0 radical (unpaired) electrons. The third-order valence-electron chi connectivity index (χ3n) is 4.57. The highest BCUT2D eigenvalue weighted by Crippen LogP contribution is 2.29. The predicted octanol–water partition coefficient (Wildman–Crippen LogP) is 3.51. The average Bonchev–Trinajstić information content (AvgIpc) is 2.67. The Labute approximate surface area is 165 Å². The third-order valence-corrected chi connectivity index (χ3v) is 4.57. The number of hydrogen-bond acceptors (Lipinski definition) is 4. The van der Waals surface area contributed by atoms with Gasteiger partial charge in [-0.15, -0.1) is 0 Å². The number of halogens is 1. The van der Waals surface area contributed by atoms with E-state index in [4.69, 9.17) is 9.47 Å². The third kappa shape index (κ3) is 5.60. The molecule has 0 fully saturated rings. The second kappa shape index (κ2) is 9.94. The largest absolute Gasteiger partial charge is 0.497 e. The Bertz CT molecular complexity index is 798. The first-order valence-electron chi connectivity index (χ1n) is 9.04. The Balaban J connectivity index is 2.01. The Kier molecular flexibility index (Phi) is 7.63. The van der Waals surface area contributed by atoms with E-state index in [1.54, 1.807) is 26.4 Å². The van der Waals surface area contributed by atoms with E-state index in [1.165, 1.54) is 12.1 Å². The maximum absolute atomic E-state index is 13.5. The van der Waals surface area contributed by atoms with Crippen LogP contribution in [0.4, 0.5) is 9.18 Å². The number of carbonyl (C=O) groups is 1. The van der Waals surface area contributed by atoms with Crippen LogP contribution in [0.5, 0.6) is 11.5 Å². The highest BCUT2D eigenvalue weighted by atomic mass is 19.1. The van der Waals surface area contributed by atoms with Crippen LogP contribution in [-0.2, 0) is 0 Å². The molecule has 152 valence electrons. The van der Waals surface area contributed by atoms with Crippen molar-refractivity contribution in [3.05, 3.63) is 59.4 Å². The van der Waals surface area contributed by atoms with Gasteiger partial charge in [0.1, 0.15) is 17.3 Å². The zero-order chi connectivity index (χ0) is 20.7. The number of likely N-dealkylation sites (N-methyl/N-ethyl adjacent to an activating group) is 1. The molecule has 0 aromatic heterocycles. The monoisotopic (exact) mass is 389 g/mol. The van der Waals surface area contributed by atoms with Gasteiger partial charge in [-0.2, -0.15) is 0 Å². The van der Waals surface area contributed by atoms with Crippen molar-refractivity contribution in [2.75, 3.05) is 34.9 Å². The number of rotatable bonds is 8. The summed E-state index contributed by atoms with van der Waals surface area (Å²) in [6, 6.07) is 11.1. The Morgan fingerprint density at radius 2 is 1.89 bits per heavy atom. The first-order valence-corrected chi connectivity index (χ1v) is 9.04. The van der Waals surface area contributed by atoms with Crippen molar-refractivity contribution < 1.29 is 18.7 Å². The standard InChI is InChI=1S/C21H28FN3O3/c1-14(18-10-9-17(27-4)12-20(18)28-5)24-21(26)23-13-19(25(2)3)15-7-6-8-16(22)11-15/h6-12,14,19H,13H2,1-5H3,(H2,23,24,26). The summed E-state index contributed by atoms with van der Waals surface area (Å²) in [5.41, 5.74) is 1.64. The van der Waals surface area contributed by atoms with Crippen LogP contribution in [0.1, 0.15) is 30.1 Å². The quantitative estimate of drug-likeness (QED) is 0.725. The van der Waals surface area contributed by atoms with Crippen molar-refractivity contribution in [2.24, 2.45) is 0 Å². The summed E-state index contributed by atoms with van der Waals surface area (Å²) in [6.07, 6.45) is 0. The minimum atomic E-state index is -0.311. The summed E-state index contributed by atoms with van der Waals surface area (Å²) >= 11 is 0. The van der Waals surface area contributed by atoms with Gasteiger partial charge in [0.05, 0.1) is 26.3 Å². The lowest BCUT2D eigenvalue weighted by atomic mass is 10.1. The number of ether oxygens (including phenoxy) is 2. The maximum atomic E-state index is 13.5. The lowest BCUT2D eigenvalue weighted by molar-refractivity contribution is 0.229. The molecule has 0 aliphatic rings. The molecule has 2 aromatic rings. The number of methoxy groups -OCH3 is 2. The fourth-order valence-electron chi connectivity index (χ4n) is 3.00. The molecular formula is C21H28FN3O3. The van der Waals surface area contributed by atoms with Gasteiger partial charge in [-0.25, -0.2) is 9.18 Å². The zero-order valence-electron chi connectivity index (χ0n) is 17.0. The number of urea groups is 1. The number of nitrogens with zero attached hydrogens (tertiary/aromatic N) is 1. The average molecular weight is 389 g/mol. The van der Waals surface area contributed by atoms with Crippen molar-refractivity contribution in [1.29, 1.82) is 0 Å². The molecule has 2 amide bonds. The highest BCUT2D eigenvalue weighted by molar-refractivity contribution is 5.74. The molecule has 2 aromatic carbocycles. The van der Waals surface area contributed by atoms with Crippen molar-refractivity contribution >= 4 is 6.03 Å². The normalized spacial score (nSPS) is 13.0. The molecule has 7 heteroatoms. The van der Waals surface area contributed by atoms with Gasteiger partial charge in [0.25, 0.3) is 0 Å². The summed E-state index contributed by atoms with van der Waals surface area (Å²) < 4.78 is 24.1. The summed E-state index contributed by atoms with van der Waals surface area (Å²) in [5, 5.41) is 5.77. The second-order valence-electron chi connectivity index (χ2n) is 6.72. The number of carbonyl (C=O) groups excluding carboxylic acids is 1. The molecule has 0 saturated heterocycles. The molecular weight excluding hydrogens is 361 g/mol. The van der Waals surface area contributed by atoms with Gasteiger partial charge in [-0.05, 0) is 50.8 Å². The van der Waals surface area contributed by atoms with Gasteiger partial charge in [0, 0.05) is 18.2 Å². The fourth-order valence-corrected chi connectivity index (χ4v) is 3.00. The smallest absolute Gasteiger partial charge is 0.315 e. The van der Waals surface area contributed by atoms with Crippen LogP contribution in [0.25, 0.3) is 0 Å². The molecule has 0 saturated carbocycles. The number of hydrogen-bond donors (Lipinski definition) is 2. The topological polar surface area (TPSA) is 62.8 Å². The van der Waals surface area contributed by atoms with Crippen LogP contribution >= 0.6 is 0 Å². The predicted molar refractivity (Wildman–Crippen MR) is 107 cm³/mol. The second-order valence-corrected chi connectivity index (χ2v) is 6.72. The summed E-state index contributed by atoms with van der Waals surface area (Å²) in [7, 11) is 6.94. The number of nitrogens with one attached hydrogen (secondary N) is 2. The van der Waals surface area contributed by atoms with Crippen LogP contribution in [0, 0.1) is 5.82 Å². The lowest BCUT2D eigenvalue weighted by Gasteiger charge is -2.26. The number of benzene rings is 2. The van der Waals surface area contributed by atoms with Crippen LogP contribution in [-0.4, -0.2) is 45.8 Å². The van der Waals surface area contributed by atoms with E-state index in [9.17, 15) is 9.18 Å². The SMILES string of the molecule is COc1ccc(C(C)NC(=O)NCC(c2cccc(F)c2)N(C)C)c(OC)c1. The van der Waals surface area contributed by atoms with Crippen molar-refractivity contribution in [2.45, 2.75) is 19.0 Å². The molecule has 6 nitrogen and oxygen atoms in total. The van der Waals surface area contributed by atoms with E-state index in [0.717, 1.165) is 11.1 Å². The Morgan fingerprint density at radius 3 is 2.50 bits per heavy atom. The molecule has 0 aliphatic carbocycles. The van der Waals surface area contributed by atoms with Gasteiger partial charge in [-0.1, -0.05) is 12.1 Å². The number of amides is 2. The first-order chi connectivity index (χ1) is 13.3. The van der Waals surface area contributed by atoms with E-state index in [-0.39, 0.29) is 23.9 Å². The maximum Gasteiger partial charge on any atom is 0.315 e. The van der Waals surface area contributed by atoms with E-state index < -0.39 is 0 Å². The molecule has 2 atom stereocenters. The first kappa shape index (κ1) is 21.5. The minimum Gasteiger partial charge on any atom is -0.497 e. The Morgan fingerprint density at radius 1 is 1.14 bits per heavy atom. The molecule has 0 aliphatic heterocycles. The molecule has 0 bridgehead atoms. The van der Waals surface area contributed by atoms with Crippen molar-refractivity contribution in [1.82, 2.24) is 15.5 Å². The molecule has 2 unspecified atom stereocenters. The molecule has 0 heterocycles. The van der Waals surface area contributed by atoms with Crippen LogP contribution in [0.2, 0.25) is 0 Å². The molecule has 2 rings (SSSR count). The van der Waals surface area contributed by atoms with Crippen LogP contribution in [0.3, 0.4) is 0 Å². The summed E-state index contributed by atoms with van der Waals surface area (Å²) in [5.74, 6) is 1.02. The molecule has 2 N–H and O–H groups in total. The van der Waals surface area contributed by atoms with Gasteiger partial charge in [-0.3, -0.25) is 0 Å². The van der Waals surface area contributed by atoms with E-state index in [0.29, 0.717) is 18.0 Å². The van der Waals surface area contributed by atoms with E-state index in [2.05, 4.69) is 10.6 Å². The fraction of sp³-hybridized carbons (Fsp3) is 0.381. The van der Waals surface area contributed by atoms with Gasteiger partial charge < -0.3 is 25.0 Å². The van der Waals surface area contributed by atoms with Gasteiger partial charge in [0.15, 0.2) is 0 Å². The molecule has 28 heavy (non-hydrogen) atoms. The highest BCUT2D eigenvalue weighted by Gasteiger charge is 2.18. The van der Waals surface area contributed by atoms with Gasteiger partial charge >= 0.3 is 6.03 Å². The van der Waals surface area contributed by atoms with Crippen LogP contribution < -0.4 is 20.1 Å². The Hall–Kier alpha value is -2.80. The van der Waals surface area contributed by atoms with Crippen LogP contribution in [0.15, 0.2) is 42.5 Å². The summed E-state index contributed by atoms with van der Waals surface area (Å²) in [6.45, 7) is 2.22. The molecule has 0 spiro atoms. The summed E-state index contributed by atoms with van der Waals surface area (Å²) in [4.78, 5) is 14.3. The minimum absolute atomic E-state index is 0.146. The zero-order valence-corrected chi connectivity index (χ0v) is 17.0.